The maximum atomic E-state index is 12.2. The minimum atomic E-state index is -0.153. The van der Waals surface area contributed by atoms with Crippen molar-refractivity contribution < 1.29 is 9.53 Å². The van der Waals surface area contributed by atoms with Gasteiger partial charge in [-0.3, -0.25) is 0 Å². The SMILES string of the molecule is CC.Cc1ccc(C(=O)OC2CCC(C3CCC(C)CC3)CC2)cc1. The Labute approximate surface area is 154 Å². The van der Waals surface area contributed by atoms with Gasteiger partial charge in [0.1, 0.15) is 6.10 Å². The monoisotopic (exact) mass is 344 g/mol. The third kappa shape index (κ3) is 5.87. The van der Waals surface area contributed by atoms with Crippen molar-refractivity contribution in [3.63, 3.8) is 0 Å². The molecule has 0 heterocycles. The van der Waals surface area contributed by atoms with Crippen LogP contribution in [0.5, 0.6) is 0 Å². The number of carbonyl (C=O) groups is 1. The van der Waals surface area contributed by atoms with Gasteiger partial charge in [0.2, 0.25) is 0 Å². The van der Waals surface area contributed by atoms with Crippen LogP contribution in [0.25, 0.3) is 0 Å². The van der Waals surface area contributed by atoms with E-state index in [4.69, 9.17) is 4.74 Å². The Kier molecular flexibility index (Phi) is 7.99. The van der Waals surface area contributed by atoms with Gasteiger partial charge in [-0.15, -0.1) is 0 Å². The highest BCUT2D eigenvalue weighted by Gasteiger charge is 2.31. The van der Waals surface area contributed by atoms with Crippen LogP contribution < -0.4 is 0 Å². The molecule has 2 aliphatic carbocycles. The first-order chi connectivity index (χ1) is 12.1. The van der Waals surface area contributed by atoms with Crippen LogP contribution in [0, 0.1) is 24.7 Å². The Balaban J connectivity index is 0.00000109. The van der Waals surface area contributed by atoms with Crippen molar-refractivity contribution in [1.29, 1.82) is 0 Å². The molecule has 0 radical (unpaired) electrons. The molecule has 1 aromatic rings. The highest BCUT2D eigenvalue weighted by Crippen LogP contribution is 2.40. The van der Waals surface area contributed by atoms with Gasteiger partial charge in [0.25, 0.3) is 0 Å². The topological polar surface area (TPSA) is 26.3 Å². The molecule has 2 saturated carbocycles. The molecule has 0 aromatic heterocycles. The standard InChI is InChI=1S/C21H30O2.C2H6/c1-15-3-7-17(8-4-15)18-11-13-20(14-12-18)23-21(22)19-9-5-16(2)6-10-19;1-2/h5-6,9-10,15,17-18,20H,3-4,7-8,11-14H2,1-2H3;1-2H3. The number of hydrogen-bond acceptors (Lipinski definition) is 2. The molecular formula is C23H36O2. The molecule has 3 rings (SSSR count). The second-order valence-electron chi connectivity index (χ2n) is 7.83. The number of esters is 1. The van der Waals surface area contributed by atoms with Gasteiger partial charge >= 0.3 is 5.97 Å². The summed E-state index contributed by atoms with van der Waals surface area (Å²) in [7, 11) is 0. The lowest BCUT2D eigenvalue weighted by atomic mass is 9.71. The first-order valence-corrected chi connectivity index (χ1v) is 10.4. The summed E-state index contributed by atoms with van der Waals surface area (Å²) in [5.41, 5.74) is 1.85. The van der Waals surface area contributed by atoms with E-state index in [2.05, 4.69) is 6.92 Å². The lowest BCUT2D eigenvalue weighted by Crippen LogP contribution is -2.29. The summed E-state index contributed by atoms with van der Waals surface area (Å²) >= 11 is 0. The number of rotatable bonds is 3. The van der Waals surface area contributed by atoms with Gasteiger partial charge in [-0.25, -0.2) is 4.79 Å². The van der Waals surface area contributed by atoms with Crippen molar-refractivity contribution in [1.82, 2.24) is 0 Å². The van der Waals surface area contributed by atoms with Gasteiger partial charge in [0.15, 0.2) is 0 Å². The van der Waals surface area contributed by atoms with Crippen molar-refractivity contribution in [3.05, 3.63) is 35.4 Å². The molecule has 1 aromatic carbocycles. The van der Waals surface area contributed by atoms with E-state index in [-0.39, 0.29) is 12.1 Å². The van der Waals surface area contributed by atoms with Gasteiger partial charge in [-0.05, 0) is 75.3 Å². The maximum absolute atomic E-state index is 12.2. The quantitative estimate of drug-likeness (QED) is 0.580. The zero-order valence-electron chi connectivity index (χ0n) is 16.6. The third-order valence-corrected chi connectivity index (χ3v) is 6.01. The molecule has 25 heavy (non-hydrogen) atoms. The zero-order valence-corrected chi connectivity index (χ0v) is 16.6. The molecule has 140 valence electrons. The second kappa shape index (κ2) is 9.99. The maximum Gasteiger partial charge on any atom is 0.338 e. The summed E-state index contributed by atoms with van der Waals surface area (Å²) in [6.07, 6.45) is 10.4. The third-order valence-electron chi connectivity index (χ3n) is 6.01. The molecule has 2 fully saturated rings. The van der Waals surface area contributed by atoms with Crippen molar-refractivity contribution in [2.75, 3.05) is 0 Å². The molecule has 0 atom stereocenters. The van der Waals surface area contributed by atoms with Crippen LogP contribution >= 0.6 is 0 Å². The minimum Gasteiger partial charge on any atom is -0.459 e. The van der Waals surface area contributed by atoms with Gasteiger partial charge < -0.3 is 4.74 Å². The number of aryl methyl sites for hydroxylation is 1. The Bertz CT molecular complexity index is 503. The Hall–Kier alpha value is -1.31. The van der Waals surface area contributed by atoms with Crippen molar-refractivity contribution in [2.45, 2.75) is 85.2 Å². The summed E-state index contributed by atoms with van der Waals surface area (Å²) in [4.78, 5) is 12.2. The van der Waals surface area contributed by atoms with Crippen LogP contribution in [0.2, 0.25) is 0 Å². The molecule has 0 saturated heterocycles. The fraction of sp³-hybridized carbons (Fsp3) is 0.696. The highest BCUT2D eigenvalue weighted by molar-refractivity contribution is 5.89. The molecule has 0 aliphatic heterocycles. The summed E-state index contributed by atoms with van der Waals surface area (Å²) in [6, 6.07) is 7.67. The Morgan fingerprint density at radius 3 is 1.84 bits per heavy atom. The van der Waals surface area contributed by atoms with Crippen LogP contribution in [0.4, 0.5) is 0 Å². The lowest BCUT2D eigenvalue weighted by molar-refractivity contribution is 0.0111. The highest BCUT2D eigenvalue weighted by atomic mass is 16.5. The lowest BCUT2D eigenvalue weighted by Gasteiger charge is -2.37. The van der Waals surface area contributed by atoms with E-state index in [0.29, 0.717) is 5.56 Å². The Morgan fingerprint density at radius 2 is 1.32 bits per heavy atom. The van der Waals surface area contributed by atoms with E-state index in [1.807, 2.05) is 45.0 Å². The largest absolute Gasteiger partial charge is 0.459 e. The van der Waals surface area contributed by atoms with Gasteiger partial charge in [0.05, 0.1) is 5.56 Å². The van der Waals surface area contributed by atoms with E-state index in [9.17, 15) is 4.79 Å². The molecule has 0 N–H and O–H groups in total. The van der Waals surface area contributed by atoms with Gasteiger partial charge in [-0.2, -0.15) is 0 Å². The van der Waals surface area contributed by atoms with E-state index in [1.165, 1.54) is 44.1 Å². The minimum absolute atomic E-state index is 0.127. The van der Waals surface area contributed by atoms with Crippen molar-refractivity contribution in [2.24, 2.45) is 17.8 Å². The van der Waals surface area contributed by atoms with Crippen LogP contribution in [0.1, 0.15) is 88.1 Å². The summed E-state index contributed by atoms with van der Waals surface area (Å²) in [5, 5.41) is 0. The summed E-state index contributed by atoms with van der Waals surface area (Å²) in [5.74, 6) is 2.58. The average Bonchev–Trinajstić information content (AvgIpc) is 2.65. The number of benzene rings is 1. The second-order valence-corrected chi connectivity index (χ2v) is 7.83. The fourth-order valence-corrected chi connectivity index (χ4v) is 4.34. The van der Waals surface area contributed by atoms with Gasteiger partial charge in [-0.1, -0.05) is 51.3 Å². The van der Waals surface area contributed by atoms with E-state index in [1.54, 1.807) is 0 Å². The fourth-order valence-electron chi connectivity index (χ4n) is 4.34. The molecule has 2 aliphatic rings. The number of hydrogen-bond donors (Lipinski definition) is 0. The molecular weight excluding hydrogens is 308 g/mol. The number of ether oxygens (including phenoxy) is 1. The van der Waals surface area contributed by atoms with Crippen molar-refractivity contribution >= 4 is 5.97 Å². The zero-order chi connectivity index (χ0) is 18.2. The molecule has 2 heteroatoms. The van der Waals surface area contributed by atoms with Crippen LogP contribution in [-0.4, -0.2) is 12.1 Å². The molecule has 0 unspecified atom stereocenters. The van der Waals surface area contributed by atoms with Crippen molar-refractivity contribution in [3.8, 4) is 0 Å². The van der Waals surface area contributed by atoms with Gasteiger partial charge in [0, 0.05) is 0 Å². The predicted molar refractivity (Wildman–Crippen MR) is 105 cm³/mol. The van der Waals surface area contributed by atoms with E-state index < -0.39 is 0 Å². The van der Waals surface area contributed by atoms with Crippen LogP contribution in [0.3, 0.4) is 0 Å². The van der Waals surface area contributed by atoms with Crippen LogP contribution in [-0.2, 0) is 4.74 Å². The first kappa shape index (κ1) is 20.0. The molecule has 0 amide bonds. The molecule has 0 spiro atoms. The first-order valence-electron chi connectivity index (χ1n) is 10.4. The average molecular weight is 345 g/mol. The smallest absolute Gasteiger partial charge is 0.338 e. The van der Waals surface area contributed by atoms with E-state index >= 15 is 0 Å². The van der Waals surface area contributed by atoms with Crippen LogP contribution in [0.15, 0.2) is 24.3 Å². The molecule has 0 bridgehead atoms. The Morgan fingerprint density at radius 1 is 0.840 bits per heavy atom. The summed E-state index contributed by atoms with van der Waals surface area (Å²) in [6.45, 7) is 8.42. The normalized spacial score (nSPS) is 29.3. The van der Waals surface area contributed by atoms with E-state index in [0.717, 1.165) is 30.6 Å². The summed E-state index contributed by atoms with van der Waals surface area (Å²) < 4.78 is 5.73. The molecule has 2 nitrogen and oxygen atoms in total. The number of carbonyl (C=O) groups excluding carboxylic acids is 1. The predicted octanol–water partition coefficient (Wildman–Crippen LogP) is 6.56.